The molecule has 1 aliphatic rings. The van der Waals surface area contributed by atoms with Crippen LogP contribution in [0.15, 0.2) is 15.4 Å². The molecule has 0 saturated heterocycles. The van der Waals surface area contributed by atoms with Gasteiger partial charge in [0.05, 0.1) is 7.11 Å². The second kappa shape index (κ2) is 6.78. The van der Waals surface area contributed by atoms with Crippen LogP contribution in [0.3, 0.4) is 0 Å². The number of halogens is 1. The second-order valence-electron chi connectivity index (χ2n) is 4.88. The molecular formula is C12H19ClN2O5S. The normalized spacial score (nSPS) is 16.1. The highest BCUT2D eigenvalue weighted by molar-refractivity contribution is 7.89. The topological polar surface area (TPSA) is 112 Å². The number of aryl methyl sites for hydroxylation is 1. The highest BCUT2D eigenvalue weighted by Gasteiger charge is 2.30. The van der Waals surface area contributed by atoms with Crippen molar-refractivity contribution in [3.05, 3.63) is 17.6 Å². The lowest BCUT2D eigenvalue weighted by atomic mass is 10.2. The van der Waals surface area contributed by atoms with Crippen molar-refractivity contribution in [3.8, 4) is 0 Å². The molecule has 1 atom stereocenters. The van der Waals surface area contributed by atoms with Gasteiger partial charge in [-0.1, -0.05) is 0 Å². The number of rotatable bonds is 6. The molecule has 1 heterocycles. The molecule has 7 nitrogen and oxygen atoms in total. The van der Waals surface area contributed by atoms with Crippen molar-refractivity contribution in [2.45, 2.75) is 30.7 Å². The van der Waals surface area contributed by atoms with E-state index in [9.17, 15) is 13.2 Å². The molecule has 2 rings (SSSR count). The molecule has 0 aliphatic heterocycles. The van der Waals surface area contributed by atoms with Crippen LogP contribution in [-0.4, -0.2) is 34.1 Å². The Kier molecular flexibility index (Phi) is 5.80. The number of ether oxygens (including phenoxy) is 1. The third-order valence-electron chi connectivity index (χ3n) is 3.28. The third-order valence-corrected chi connectivity index (χ3v) is 4.82. The summed E-state index contributed by atoms with van der Waals surface area (Å²) in [5.41, 5.74) is 5.85. The van der Waals surface area contributed by atoms with Gasteiger partial charge in [-0.2, -0.15) is 0 Å². The van der Waals surface area contributed by atoms with Crippen molar-refractivity contribution in [1.82, 2.24) is 4.72 Å². The fourth-order valence-corrected chi connectivity index (χ4v) is 3.16. The van der Waals surface area contributed by atoms with Crippen LogP contribution in [0.1, 0.15) is 29.2 Å². The Morgan fingerprint density at radius 2 is 2.19 bits per heavy atom. The molecule has 1 aromatic rings. The molecule has 21 heavy (non-hydrogen) atoms. The SMILES string of the molecule is COC(=O)c1cc(S(=O)(=O)NCC(N)C2CC2)c(C)o1.Cl. The summed E-state index contributed by atoms with van der Waals surface area (Å²) in [5, 5.41) is 0. The molecule has 0 amide bonds. The Labute approximate surface area is 129 Å². The predicted octanol–water partition coefficient (Wildman–Crippen LogP) is 0.812. The number of methoxy groups -OCH3 is 1. The Morgan fingerprint density at radius 3 is 2.71 bits per heavy atom. The van der Waals surface area contributed by atoms with Crippen molar-refractivity contribution < 1.29 is 22.4 Å². The molecule has 0 aromatic carbocycles. The summed E-state index contributed by atoms with van der Waals surface area (Å²) in [7, 11) is -2.55. The summed E-state index contributed by atoms with van der Waals surface area (Å²) in [4.78, 5) is 11.2. The highest BCUT2D eigenvalue weighted by Crippen LogP contribution is 2.31. The molecule has 3 N–H and O–H groups in total. The first kappa shape index (κ1) is 18.0. The van der Waals surface area contributed by atoms with E-state index in [1.807, 2.05) is 0 Å². The van der Waals surface area contributed by atoms with Gasteiger partial charge in [-0.15, -0.1) is 12.4 Å². The van der Waals surface area contributed by atoms with Crippen molar-refractivity contribution in [3.63, 3.8) is 0 Å². The minimum Gasteiger partial charge on any atom is -0.463 e. The van der Waals surface area contributed by atoms with Crippen LogP contribution >= 0.6 is 12.4 Å². The third kappa shape index (κ3) is 4.19. The van der Waals surface area contributed by atoms with Crippen molar-refractivity contribution in [1.29, 1.82) is 0 Å². The first-order valence-electron chi connectivity index (χ1n) is 6.29. The van der Waals surface area contributed by atoms with E-state index in [4.69, 9.17) is 10.2 Å². The van der Waals surface area contributed by atoms with Crippen molar-refractivity contribution in [2.24, 2.45) is 11.7 Å². The van der Waals surface area contributed by atoms with E-state index in [1.54, 1.807) is 0 Å². The van der Waals surface area contributed by atoms with Crippen LogP contribution < -0.4 is 10.5 Å². The smallest absolute Gasteiger partial charge is 0.373 e. The number of carbonyl (C=O) groups excluding carboxylic acids is 1. The predicted molar refractivity (Wildman–Crippen MR) is 77.9 cm³/mol. The molecule has 1 unspecified atom stereocenters. The summed E-state index contributed by atoms with van der Waals surface area (Å²) in [5.74, 6) is -0.326. The van der Waals surface area contributed by atoms with Crippen LogP contribution in [-0.2, 0) is 14.8 Å². The van der Waals surface area contributed by atoms with E-state index in [1.165, 1.54) is 14.0 Å². The fraction of sp³-hybridized carbons (Fsp3) is 0.583. The van der Waals surface area contributed by atoms with E-state index in [0.29, 0.717) is 5.92 Å². The minimum atomic E-state index is -3.74. The lowest BCUT2D eigenvalue weighted by Gasteiger charge is -2.11. The van der Waals surface area contributed by atoms with Crippen LogP contribution in [0.4, 0.5) is 0 Å². The zero-order valence-electron chi connectivity index (χ0n) is 11.8. The lowest BCUT2D eigenvalue weighted by Crippen LogP contribution is -2.38. The summed E-state index contributed by atoms with van der Waals surface area (Å²) < 4.78 is 36.3. The van der Waals surface area contributed by atoms with E-state index in [0.717, 1.165) is 18.9 Å². The van der Waals surface area contributed by atoms with Crippen LogP contribution in [0, 0.1) is 12.8 Å². The first-order valence-corrected chi connectivity index (χ1v) is 7.77. The van der Waals surface area contributed by atoms with E-state index in [-0.39, 0.29) is 41.4 Å². The Bertz CT molecular complexity index is 609. The van der Waals surface area contributed by atoms with Gasteiger partial charge in [0.2, 0.25) is 15.8 Å². The second-order valence-corrected chi connectivity index (χ2v) is 6.61. The quantitative estimate of drug-likeness (QED) is 0.742. The zero-order chi connectivity index (χ0) is 14.9. The molecule has 0 radical (unpaired) electrons. The lowest BCUT2D eigenvalue weighted by molar-refractivity contribution is 0.0563. The first-order chi connectivity index (χ1) is 9.35. The minimum absolute atomic E-state index is 0. The van der Waals surface area contributed by atoms with Gasteiger partial charge in [-0.05, 0) is 25.7 Å². The monoisotopic (exact) mass is 338 g/mol. The maximum atomic E-state index is 12.1. The molecule has 1 fully saturated rings. The van der Waals surface area contributed by atoms with Crippen LogP contribution in [0.5, 0.6) is 0 Å². The van der Waals surface area contributed by atoms with Gasteiger partial charge >= 0.3 is 5.97 Å². The summed E-state index contributed by atoms with van der Waals surface area (Å²) in [6.45, 7) is 1.65. The number of furan rings is 1. The van der Waals surface area contributed by atoms with Crippen LogP contribution in [0.2, 0.25) is 0 Å². The average Bonchev–Trinajstić information content (AvgIpc) is 3.17. The van der Waals surface area contributed by atoms with E-state index in [2.05, 4.69) is 9.46 Å². The van der Waals surface area contributed by atoms with Crippen molar-refractivity contribution >= 4 is 28.4 Å². The molecule has 1 aromatic heterocycles. The molecular weight excluding hydrogens is 320 g/mol. The van der Waals surface area contributed by atoms with Gasteiger partial charge in [0, 0.05) is 18.7 Å². The maximum Gasteiger partial charge on any atom is 0.373 e. The highest BCUT2D eigenvalue weighted by atomic mass is 35.5. The molecule has 0 spiro atoms. The maximum absolute atomic E-state index is 12.1. The summed E-state index contributed by atoms with van der Waals surface area (Å²) in [6, 6.07) is 0.976. The fourth-order valence-electron chi connectivity index (χ4n) is 1.91. The van der Waals surface area contributed by atoms with Gasteiger partial charge < -0.3 is 14.9 Å². The molecule has 120 valence electrons. The number of hydrogen-bond donors (Lipinski definition) is 2. The van der Waals surface area contributed by atoms with Gasteiger partial charge in [0.1, 0.15) is 10.7 Å². The van der Waals surface area contributed by atoms with E-state index < -0.39 is 16.0 Å². The number of nitrogens with one attached hydrogen (secondary N) is 1. The summed E-state index contributed by atoms with van der Waals surface area (Å²) in [6.07, 6.45) is 2.08. The van der Waals surface area contributed by atoms with Crippen molar-refractivity contribution in [2.75, 3.05) is 13.7 Å². The molecule has 1 aliphatic carbocycles. The van der Waals surface area contributed by atoms with Gasteiger partial charge in [-0.25, -0.2) is 17.9 Å². The van der Waals surface area contributed by atoms with Crippen LogP contribution in [0.25, 0.3) is 0 Å². The largest absolute Gasteiger partial charge is 0.463 e. The number of carbonyl (C=O) groups is 1. The number of esters is 1. The van der Waals surface area contributed by atoms with Gasteiger partial charge in [-0.3, -0.25) is 0 Å². The summed E-state index contributed by atoms with van der Waals surface area (Å²) >= 11 is 0. The molecule has 0 bridgehead atoms. The standard InChI is InChI=1S/C12H18N2O5S.ClH/c1-7-11(5-10(19-7)12(15)18-2)20(16,17)14-6-9(13)8-3-4-8;/h5,8-9,14H,3-4,6,13H2,1-2H3;1H. The number of nitrogens with two attached hydrogens (primary N) is 1. The Morgan fingerprint density at radius 1 is 1.57 bits per heavy atom. The average molecular weight is 339 g/mol. The number of hydrogen-bond acceptors (Lipinski definition) is 6. The Balaban J connectivity index is 0.00000220. The molecule has 1 saturated carbocycles. The zero-order valence-corrected chi connectivity index (χ0v) is 13.4. The molecule has 9 heteroatoms. The Hall–Kier alpha value is -1.09. The van der Waals surface area contributed by atoms with Gasteiger partial charge in [0.15, 0.2) is 0 Å². The van der Waals surface area contributed by atoms with Gasteiger partial charge in [0.25, 0.3) is 0 Å². The number of sulfonamides is 1. The van der Waals surface area contributed by atoms with E-state index >= 15 is 0 Å².